The predicted molar refractivity (Wildman–Crippen MR) is 141 cm³/mol. The van der Waals surface area contributed by atoms with Gasteiger partial charge in [-0.3, -0.25) is 9.59 Å². The number of nitrogens with zero attached hydrogens (tertiary/aromatic N) is 1. The zero-order valence-corrected chi connectivity index (χ0v) is 21.0. The second-order valence-electron chi connectivity index (χ2n) is 8.96. The maximum atomic E-state index is 13.1. The van der Waals surface area contributed by atoms with Crippen LogP contribution in [0.25, 0.3) is 0 Å². The summed E-state index contributed by atoms with van der Waals surface area (Å²) in [5.74, 6) is 0.904. The molecule has 2 amide bonds. The highest BCUT2D eigenvalue weighted by Crippen LogP contribution is 2.26. The summed E-state index contributed by atoms with van der Waals surface area (Å²) >= 11 is 0. The average molecular weight is 488 g/mol. The van der Waals surface area contributed by atoms with Gasteiger partial charge in [0.25, 0.3) is 11.8 Å². The molecule has 1 fully saturated rings. The third-order valence-corrected chi connectivity index (χ3v) is 6.58. The molecule has 1 atom stereocenters. The van der Waals surface area contributed by atoms with Gasteiger partial charge in [-0.2, -0.15) is 0 Å². The summed E-state index contributed by atoms with van der Waals surface area (Å²) < 4.78 is 10.6. The number of anilines is 1. The number of hydrogen-bond acceptors (Lipinski definition) is 5. The summed E-state index contributed by atoms with van der Waals surface area (Å²) in [6.45, 7) is 3.47. The van der Waals surface area contributed by atoms with Crippen LogP contribution in [0.1, 0.15) is 52.1 Å². The fraction of sp³-hybridized carbons (Fsp3) is 0.310. The van der Waals surface area contributed by atoms with E-state index in [9.17, 15) is 9.59 Å². The number of nitrogens with one attached hydrogen (secondary N) is 2. The van der Waals surface area contributed by atoms with Crippen LogP contribution in [0, 0.1) is 0 Å². The van der Waals surface area contributed by atoms with Crippen molar-refractivity contribution in [2.45, 2.75) is 31.8 Å². The van der Waals surface area contributed by atoms with E-state index >= 15 is 0 Å². The molecule has 7 heteroatoms. The third-order valence-electron chi connectivity index (χ3n) is 6.58. The number of carbonyl (C=O) groups is 2. The van der Waals surface area contributed by atoms with E-state index in [-0.39, 0.29) is 23.9 Å². The van der Waals surface area contributed by atoms with E-state index in [1.54, 1.807) is 32.4 Å². The van der Waals surface area contributed by atoms with Crippen LogP contribution < -0.4 is 25.0 Å². The Kier molecular flexibility index (Phi) is 8.10. The minimum absolute atomic E-state index is 0.0463. The van der Waals surface area contributed by atoms with Crippen molar-refractivity contribution >= 4 is 17.5 Å². The van der Waals surface area contributed by atoms with Crippen LogP contribution in [0.2, 0.25) is 0 Å². The van der Waals surface area contributed by atoms with E-state index in [1.807, 2.05) is 61.5 Å². The van der Waals surface area contributed by atoms with E-state index in [4.69, 9.17) is 9.47 Å². The van der Waals surface area contributed by atoms with Crippen molar-refractivity contribution in [2.24, 2.45) is 0 Å². The molecule has 7 nitrogen and oxygen atoms in total. The standard InChI is InChI=1S/C29H33N3O4/c1-20(21-9-5-4-6-10-21)30-29(34)26-11-7-8-12-27(26)32-15-13-23(14-16-32)31-28(33)22-17-24(35-2)19-25(18-22)36-3/h4-12,17-20,23H,13-16H2,1-3H3,(H,30,34)(H,31,33). The zero-order valence-electron chi connectivity index (χ0n) is 21.0. The third kappa shape index (κ3) is 5.97. The fourth-order valence-electron chi connectivity index (χ4n) is 4.51. The lowest BCUT2D eigenvalue weighted by atomic mass is 10.0. The largest absolute Gasteiger partial charge is 0.497 e. The first kappa shape index (κ1) is 25.1. The Balaban J connectivity index is 1.38. The van der Waals surface area contributed by atoms with Gasteiger partial charge < -0.3 is 25.0 Å². The van der Waals surface area contributed by atoms with Gasteiger partial charge in [0.2, 0.25) is 0 Å². The van der Waals surface area contributed by atoms with Gasteiger partial charge in [-0.1, -0.05) is 42.5 Å². The molecule has 1 saturated heterocycles. The summed E-state index contributed by atoms with van der Waals surface area (Å²) in [6, 6.07) is 22.7. The molecule has 36 heavy (non-hydrogen) atoms. The first-order valence-corrected chi connectivity index (χ1v) is 12.2. The lowest BCUT2D eigenvalue weighted by Crippen LogP contribution is -2.45. The van der Waals surface area contributed by atoms with Gasteiger partial charge in [-0.15, -0.1) is 0 Å². The van der Waals surface area contributed by atoms with Crippen molar-refractivity contribution in [2.75, 3.05) is 32.2 Å². The van der Waals surface area contributed by atoms with Gasteiger partial charge in [0.05, 0.1) is 25.8 Å². The number of rotatable bonds is 8. The van der Waals surface area contributed by atoms with Gasteiger partial charge >= 0.3 is 0 Å². The van der Waals surface area contributed by atoms with Crippen LogP contribution in [0.5, 0.6) is 11.5 Å². The van der Waals surface area contributed by atoms with Crippen LogP contribution in [0.15, 0.2) is 72.8 Å². The molecular formula is C29H33N3O4. The van der Waals surface area contributed by atoms with Crippen molar-refractivity contribution < 1.29 is 19.1 Å². The minimum atomic E-state index is -0.152. The van der Waals surface area contributed by atoms with Crippen LogP contribution in [0.4, 0.5) is 5.69 Å². The summed E-state index contributed by atoms with van der Waals surface area (Å²) in [4.78, 5) is 28.2. The quantitative estimate of drug-likeness (QED) is 0.486. The molecule has 0 aliphatic carbocycles. The Morgan fingerprint density at radius 1 is 0.861 bits per heavy atom. The monoisotopic (exact) mass is 487 g/mol. The highest BCUT2D eigenvalue weighted by atomic mass is 16.5. The molecule has 2 N–H and O–H groups in total. The van der Waals surface area contributed by atoms with Gasteiger partial charge in [-0.05, 0) is 49.6 Å². The summed E-state index contributed by atoms with van der Waals surface area (Å²) in [5.41, 5.74) is 3.14. The Morgan fingerprint density at radius 3 is 2.11 bits per heavy atom. The number of amides is 2. The summed E-state index contributed by atoms with van der Waals surface area (Å²) in [7, 11) is 3.12. The minimum Gasteiger partial charge on any atom is -0.497 e. The predicted octanol–water partition coefficient (Wildman–Crippen LogP) is 4.59. The lowest BCUT2D eigenvalue weighted by Gasteiger charge is -2.35. The molecule has 4 rings (SSSR count). The molecule has 0 aromatic heterocycles. The van der Waals surface area contributed by atoms with Gasteiger partial charge in [0.1, 0.15) is 11.5 Å². The highest BCUT2D eigenvalue weighted by Gasteiger charge is 2.25. The van der Waals surface area contributed by atoms with Crippen molar-refractivity contribution in [1.82, 2.24) is 10.6 Å². The summed E-state index contributed by atoms with van der Waals surface area (Å²) in [6.07, 6.45) is 1.56. The first-order chi connectivity index (χ1) is 17.5. The topological polar surface area (TPSA) is 79.9 Å². The molecule has 1 unspecified atom stereocenters. The molecule has 1 aliphatic heterocycles. The zero-order chi connectivity index (χ0) is 25.5. The van der Waals surface area contributed by atoms with Crippen molar-refractivity contribution in [1.29, 1.82) is 0 Å². The lowest BCUT2D eigenvalue weighted by molar-refractivity contribution is 0.0927. The van der Waals surface area contributed by atoms with Crippen LogP contribution in [-0.4, -0.2) is 45.2 Å². The molecule has 3 aromatic rings. The number of piperidine rings is 1. The molecule has 0 bridgehead atoms. The Labute approximate surface area is 212 Å². The normalized spacial score (nSPS) is 14.6. The van der Waals surface area contributed by atoms with Crippen LogP contribution in [0.3, 0.4) is 0 Å². The molecule has 1 aliphatic rings. The van der Waals surface area contributed by atoms with Crippen LogP contribution >= 0.6 is 0 Å². The summed E-state index contributed by atoms with van der Waals surface area (Å²) in [5, 5.41) is 6.26. The molecule has 1 heterocycles. The van der Waals surface area contributed by atoms with E-state index in [0.717, 1.165) is 37.2 Å². The number of para-hydroxylation sites is 1. The number of ether oxygens (including phenoxy) is 2. The Morgan fingerprint density at radius 2 is 1.47 bits per heavy atom. The van der Waals surface area contributed by atoms with Crippen LogP contribution in [-0.2, 0) is 0 Å². The molecule has 0 spiro atoms. The molecule has 3 aromatic carbocycles. The maximum Gasteiger partial charge on any atom is 0.253 e. The molecule has 0 saturated carbocycles. The second kappa shape index (κ2) is 11.6. The number of methoxy groups -OCH3 is 2. The van der Waals surface area contributed by atoms with Crippen molar-refractivity contribution in [3.63, 3.8) is 0 Å². The maximum absolute atomic E-state index is 13.1. The molecule has 0 radical (unpaired) electrons. The Bertz CT molecular complexity index is 1170. The fourth-order valence-corrected chi connectivity index (χ4v) is 4.51. The SMILES string of the molecule is COc1cc(OC)cc(C(=O)NC2CCN(c3ccccc3C(=O)NC(C)c3ccccc3)CC2)c1. The van der Waals surface area contributed by atoms with E-state index in [0.29, 0.717) is 22.6 Å². The smallest absolute Gasteiger partial charge is 0.253 e. The number of carbonyl (C=O) groups excluding carboxylic acids is 2. The van der Waals surface area contributed by atoms with E-state index < -0.39 is 0 Å². The molecule has 188 valence electrons. The number of hydrogen-bond donors (Lipinski definition) is 2. The van der Waals surface area contributed by atoms with Gasteiger partial charge in [-0.25, -0.2) is 0 Å². The highest BCUT2D eigenvalue weighted by molar-refractivity contribution is 6.00. The van der Waals surface area contributed by atoms with Crippen molar-refractivity contribution in [3.8, 4) is 11.5 Å². The first-order valence-electron chi connectivity index (χ1n) is 12.2. The number of benzene rings is 3. The molecular weight excluding hydrogens is 454 g/mol. The van der Waals surface area contributed by atoms with Gasteiger partial charge in [0.15, 0.2) is 0 Å². The second-order valence-corrected chi connectivity index (χ2v) is 8.96. The average Bonchev–Trinajstić information content (AvgIpc) is 2.93. The van der Waals surface area contributed by atoms with E-state index in [1.165, 1.54) is 0 Å². The van der Waals surface area contributed by atoms with Crippen molar-refractivity contribution in [3.05, 3.63) is 89.5 Å². The Hall–Kier alpha value is -4.00. The van der Waals surface area contributed by atoms with E-state index in [2.05, 4.69) is 15.5 Å². The van der Waals surface area contributed by atoms with Gasteiger partial charge in [0, 0.05) is 36.4 Å².